The van der Waals surface area contributed by atoms with Crippen molar-refractivity contribution in [2.75, 3.05) is 12.3 Å². The molecule has 2 heterocycles. The molecule has 1 fully saturated rings. The summed E-state index contributed by atoms with van der Waals surface area (Å²) < 4.78 is 6.79. The zero-order valence-corrected chi connectivity index (χ0v) is 10.6. The van der Waals surface area contributed by atoms with E-state index in [1.54, 1.807) is 0 Å². The number of aromatic nitrogens is 2. The molecule has 1 saturated heterocycles. The largest absolute Gasteiger partial charge is 0.392 e. The normalized spacial score (nSPS) is 34.1. The molecule has 0 radical (unpaired) electrons. The molecule has 19 heavy (non-hydrogen) atoms. The Labute approximate surface area is 114 Å². The van der Waals surface area contributed by atoms with Crippen molar-refractivity contribution >= 4 is 18.0 Å². The molecule has 0 saturated carbocycles. The second-order valence-corrected chi connectivity index (χ2v) is 4.54. The molecule has 1 unspecified atom stereocenters. The van der Waals surface area contributed by atoms with E-state index in [-0.39, 0.29) is 10.6 Å². The molecule has 1 aromatic rings. The minimum atomic E-state index is -1.67. The third kappa shape index (κ3) is 2.11. The summed E-state index contributed by atoms with van der Waals surface area (Å²) in [6.45, 7) is -0.631. The van der Waals surface area contributed by atoms with Gasteiger partial charge in [-0.1, -0.05) is 5.92 Å². The van der Waals surface area contributed by atoms with E-state index in [1.807, 2.05) is 0 Å². The molecular weight excluding hydrogens is 270 g/mol. The van der Waals surface area contributed by atoms with E-state index in [1.165, 1.54) is 16.8 Å². The molecule has 7 nitrogen and oxygen atoms in total. The van der Waals surface area contributed by atoms with Crippen molar-refractivity contribution < 1.29 is 20.1 Å². The zero-order valence-electron chi connectivity index (χ0n) is 9.80. The maximum absolute atomic E-state index is 9.99. The summed E-state index contributed by atoms with van der Waals surface area (Å²) in [4.78, 5) is 3.85. The van der Waals surface area contributed by atoms with Gasteiger partial charge in [-0.15, -0.1) is 6.42 Å². The Balaban J connectivity index is 2.43. The lowest BCUT2D eigenvalue weighted by molar-refractivity contribution is -0.0930. The summed E-state index contributed by atoms with van der Waals surface area (Å²) in [6.07, 6.45) is 2.90. The van der Waals surface area contributed by atoms with Crippen LogP contribution in [-0.4, -0.2) is 49.3 Å². The van der Waals surface area contributed by atoms with Crippen LogP contribution in [-0.2, 0) is 4.74 Å². The molecule has 1 aromatic heterocycles. The second-order valence-electron chi connectivity index (χ2n) is 4.18. The minimum absolute atomic E-state index is 0.0713. The van der Waals surface area contributed by atoms with Gasteiger partial charge in [0.25, 0.3) is 0 Å². The number of hydrogen-bond donors (Lipinski definition) is 4. The number of aliphatic hydroxyl groups excluding tert-OH is 3. The van der Waals surface area contributed by atoms with Crippen molar-refractivity contribution in [2.45, 2.75) is 24.0 Å². The number of nitrogen functional groups attached to an aromatic ring is 1. The van der Waals surface area contributed by atoms with Gasteiger partial charge >= 0.3 is 0 Å². The third-order valence-electron chi connectivity index (χ3n) is 3.03. The smallest absolute Gasteiger partial charge is 0.203 e. The van der Waals surface area contributed by atoms with E-state index >= 15 is 0 Å². The van der Waals surface area contributed by atoms with Gasteiger partial charge in [0.05, 0.1) is 6.61 Å². The quantitative estimate of drug-likeness (QED) is 0.398. The van der Waals surface area contributed by atoms with Crippen LogP contribution in [0.1, 0.15) is 6.23 Å². The van der Waals surface area contributed by atoms with E-state index in [9.17, 15) is 15.3 Å². The topological polar surface area (TPSA) is 114 Å². The van der Waals surface area contributed by atoms with Crippen LogP contribution in [0.3, 0.4) is 0 Å². The molecule has 0 bridgehead atoms. The van der Waals surface area contributed by atoms with Crippen molar-refractivity contribution in [3.05, 3.63) is 17.0 Å². The van der Waals surface area contributed by atoms with E-state index in [0.717, 1.165) is 0 Å². The van der Waals surface area contributed by atoms with E-state index in [2.05, 4.69) is 10.9 Å². The molecular formula is C11H13N3O4S. The van der Waals surface area contributed by atoms with Gasteiger partial charge in [0.2, 0.25) is 4.77 Å². The lowest BCUT2D eigenvalue weighted by atomic mass is 9.97. The van der Waals surface area contributed by atoms with Crippen LogP contribution in [0, 0.1) is 17.1 Å². The Bertz CT molecular complexity index is 584. The van der Waals surface area contributed by atoms with Crippen LogP contribution in [0.25, 0.3) is 0 Å². The molecule has 0 aromatic carbocycles. The van der Waals surface area contributed by atoms with Crippen molar-refractivity contribution in [3.8, 4) is 12.3 Å². The average Bonchev–Trinajstić information content (AvgIpc) is 2.64. The first-order valence-corrected chi connectivity index (χ1v) is 5.83. The van der Waals surface area contributed by atoms with E-state index < -0.39 is 30.6 Å². The highest BCUT2D eigenvalue weighted by Gasteiger charge is 2.54. The van der Waals surface area contributed by atoms with Gasteiger partial charge in [0.1, 0.15) is 18.0 Å². The van der Waals surface area contributed by atoms with Gasteiger partial charge in [-0.3, -0.25) is 4.57 Å². The summed E-state index contributed by atoms with van der Waals surface area (Å²) in [5.74, 6) is 2.39. The zero-order chi connectivity index (χ0) is 14.2. The number of nitrogens with zero attached hydrogens (tertiary/aromatic N) is 2. The summed E-state index contributed by atoms with van der Waals surface area (Å²) in [5.41, 5.74) is 3.81. The van der Waals surface area contributed by atoms with Gasteiger partial charge in [-0.25, -0.2) is 4.98 Å². The van der Waals surface area contributed by atoms with Crippen LogP contribution in [0.4, 0.5) is 5.82 Å². The fraction of sp³-hybridized carbons (Fsp3) is 0.455. The number of aliphatic hydroxyl groups is 3. The van der Waals surface area contributed by atoms with Crippen LogP contribution in [0.5, 0.6) is 0 Å². The van der Waals surface area contributed by atoms with Crippen LogP contribution >= 0.6 is 12.2 Å². The summed E-state index contributed by atoms with van der Waals surface area (Å²) in [6, 6.07) is 1.47. The first-order valence-electron chi connectivity index (χ1n) is 5.42. The van der Waals surface area contributed by atoms with Crippen LogP contribution in [0.2, 0.25) is 0 Å². The lowest BCUT2D eigenvalue weighted by Crippen LogP contribution is -2.44. The Morgan fingerprint density at radius 1 is 1.63 bits per heavy atom. The summed E-state index contributed by atoms with van der Waals surface area (Å²) >= 11 is 5.00. The number of nitrogens with two attached hydrogens (primary N) is 1. The Kier molecular flexibility index (Phi) is 3.58. The molecule has 8 heteroatoms. The van der Waals surface area contributed by atoms with Gasteiger partial charge in [0.15, 0.2) is 11.8 Å². The van der Waals surface area contributed by atoms with Crippen molar-refractivity contribution in [2.24, 2.45) is 0 Å². The molecule has 1 aliphatic rings. The molecule has 0 aliphatic carbocycles. The molecule has 5 N–H and O–H groups in total. The van der Waals surface area contributed by atoms with Crippen molar-refractivity contribution in [3.63, 3.8) is 0 Å². The van der Waals surface area contributed by atoms with E-state index in [4.69, 9.17) is 29.1 Å². The van der Waals surface area contributed by atoms with Gasteiger partial charge in [0, 0.05) is 6.20 Å². The van der Waals surface area contributed by atoms with Gasteiger partial charge < -0.3 is 25.8 Å². The van der Waals surface area contributed by atoms with E-state index in [0.29, 0.717) is 0 Å². The maximum Gasteiger partial charge on any atom is 0.203 e. The molecule has 0 spiro atoms. The minimum Gasteiger partial charge on any atom is -0.392 e. The summed E-state index contributed by atoms with van der Waals surface area (Å²) in [5, 5.41) is 29.2. The first-order chi connectivity index (χ1) is 8.95. The number of terminal acetylenes is 1. The predicted octanol–water partition coefficient (Wildman–Crippen LogP) is -1.19. The molecule has 4 atom stereocenters. The van der Waals surface area contributed by atoms with Gasteiger partial charge in [-0.2, -0.15) is 0 Å². The highest BCUT2D eigenvalue weighted by atomic mass is 32.1. The van der Waals surface area contributed by atoms with Crippen LogP contribution < -0.4 is 5.73 Å². The molecule has 102 valence electrons. The number of ether oxygens (including phenoxy) is 1. The molecule has 0 amide bonds. The Morgan fingerprint density at radius 3 is 2.79 bits per heavy atom. The molecule has 1 aliphatic heterocycles. The fourth-order valence-electron chi connectivity index (χ4n) is 1.92. The monoisotopic (exact) mass is 283 g/mol. The van der Waals surface area contributed by atoms with Gasteiger partial charge in [-0.05, 0) is 18.3 Å². The van der Waals surface area contributed by atoms with Crippen molar-refractivity contribution in [1.82, 2.24) is 9.55 Å². The highest BCUT2D eigenvalue weighted by Crippen LogP contribution is 2.36. The summed E-state index contributed by atoms with van der Waals surface area (Å²) in [7, 11) is 0. The van der Waals surface area contributed by atoms with Crippen LogP contribution in [0.15, 0.2) is 12.3 Å². The lowest BCUT2D eigenvalue weighted by Gasteiger charge is -2.23. The first kappa shape index (κ1) is 13.9. The maximum atomic E-state index is 9.99. The SMILES string of the molecule is C#C[C@]1(CO)O[C@@H](n2ccc(N)nc2=S)C(O)[C@H]1O. The second kappa shape index (κ2) is 4.88. The number of rotatable bonds is 2. The number of anilines is 1. The third-order valence-corrected chi connectivity index (χ3v) is 3.33. The Morgan fingerprint density at radius 2 is 2.32 bits per heavy atom. The highest BCUT2D eigenvalue weighted by molar-refractivity contribution is 7.71. The van der Waals surface area contributed by atoms with Crippen molar-refractivity contribution in [1.29, 1.82) is 0 Å². The standard InChI is InChI=1S/C11H13N3O4S/c1-2-11(5-15)8(17)7(16)9(18-11)14-4-3-6(12)13-10(14)19/h1,3-4,7-9,15-17H,5H2,(H2,12,13,19)/t7?,8-,9-,11-/m1/s1. The molecule has 2 rings (SSSR count). The fourth-order valence-corrected chi connectivity index (χ4v) is 2.19. The number of hydrogen-bond acceptors (Lipinski definition) is 7. The predicted molar refractivity (Wildman–Crippen MR) is 68.3 cm³/mol. The Hall–Kier alpha value is -1.50. The average molecular weight is 283 g/mol.